The number of hydrogen-bond donors (Lipinski definition) is 0. The molecule has 2 atom stereocenters. The normalized spacial score (nSPS) is 18.2. The van der Waals surface area contributed by atoms with Crippen LogP contribution in [0.2, 0.25) is 0 Å². The van der Waals surface area contributed by atoms with Crippen LogP contribution >= 0.6 is 8.58 Å². The molecule has 0 bridgehead atoms. The molecular weight excluding hydrogens is 471 g/mol. The Morgan fingerprint density at radius 3 is 2.48 bits per heavy atom. The molecule has 0 N–H and O–H groups in total. The molecule has 2 aliphatic rings. The van der Waals surface area contributed by atoms with E-state index in [2.05, 4.69) is 110 Å². The predicted octanol–water partition coefficient (Wildman–Crippen LogP) is 6.16. The third-order valence-corrected chi connectivity index (χ3v) is 13.7. The van der Waals surface area contributed by atoms with Gasteiger partial charge in [0.2, 0.25) is 0 Å². The molecule has 2 heteroatoms. The molecule has 4 aromatic carbocycles. The Bertz CT molecular complexity index is 1340. The van der Waals surface area contributed by atoms with E-state index in [4.69, 9.17) is 0 Å². The Hall–Kier alpha value is -2.07. The van der Waals surface area contributed by atoms with Gasteiger partial charge in [-0.25, -0.2) is 0 Å². The number of benzene rings is 4. The van der Waals surface area contributed by atoms with Gasteiger partial charge in [0.05, 0.1) is 0 Å². The molecule has 0 amide bonds. The van der Waals surface area contributed by atoms with E-state index < -0.39 is 23.2 Å². The summed E-state index contributed by atoms with van der Waals surface area (Å²) in [6.45, 7) is 2.27. The summed E-state index contributed by atoms with van der Waals surface area (Å²) in [7, 11) is 0.783. The first-order valence-corrected chi connectivity index (χ1v) is 14.3. The number of allylic oxidation sites excluding steroid dienone is 1. The van der Waals surface area contributed by atoms with Crippen LogP contribution in [0.15, 0.2) is 97.1 Å². The van der Waals surface area contributed by atoms with Crippen LogP contribution < -0.4 is 8.58 Å². The third kappa shape index (κ3) is 3.35. The Morgan fingerprint density at radius 1 is 0.774 bits per heavy atom. The average molecular weight is 494 g/mol. The summed E-state index contributed by atoms with van der Waals surface area (Å²) >= 11 is -0.995. The summed E-state index contributed by atoms with van der Waals surface area (Å²) in [5, 5.41) is 1.51. The zero-order chi connectivity index (χ0) is 20.8. The fourth-order valence-corrected chi connectivity index (χ4v) is 12.4. The molecule has 31 heavy (non-hydrogen) atoms. The van der Waals surface area contributed by atoms with Crippen LogP contribution in [-0.2, 0) is 32.5 Å². The molecule has 0 fully saturated rings. The molecular formula is C29H23PZr. The fraction of sp³-hybridized carbons (Fsp3) is 0.103. The van der Waals surface area contributed by atoms with Crippen LogP contribution in [0.25, 0.3) is 17.2 Å². The van der Waals surface area contributed by atoms with Gasteiger partial charge < -0.3 is 0 Å². The quantitative estimate of drug-likeness (QED) is 0.263. The van der Waals surface area contributed by atoms with Gasteiger partial charge in [-0.15, -0.1) is 0 Å². The van der Waals surface area contributed by atoms with Crippen LogP contribution in [0.1, 0.15) is 27.8 Å². The van der Waals surface area contributed by atoms with E-state index in [9.17, 15) is 0 Å². The number of hydrogen-bond acceptors (Lipinski definition) is 0. The SMILES string of the molecule is Cc1ccccc1P[C]1([Zr][c]2cccc3c2Cc2ccccc2-3)C=Cc2ccccc21. The van der Waals surface area contributed by atoms with Crippen molar-refractivity contribution in [2.75, 3.05) is 0 Å². The first-order valence-electron chi connectivity index (χ1n) is 10.8. The summed E-state index contributed by atoms with van der Waals surface area (Å²) in [6, 6.07) is 34.1. The Balaban J connectivity index is 1.47. The maximum atomic E-state index is 2.57. The summed E-state index contributed by atoms with van der Waals surface area (Å²) in [4.78, 5) is 0. The van der Waals surface area contributed by atoms with Crippen LogP contribution in [0.4, 0.5) is 0 Å². The predicted molar refractivity (Wildman–Crippen MR) is 131 cm³/mol. The van der Waals surface area contributed by atoms with E-state index in [0.29, 0.717) is 0 Å². The standard InChI is InChI=1S/C16H14P.C13H9.Zr/c1-12-6-2-5-9-15(12)17-16-11-10-13-7-3-4-8-14(13)16;1-3-7-12-10(5-1)9-11-6-2-4-8-13(11)12;/h2-11,17H,1H3;1-5,7-8H,9H2;. The minimum absolute atomic E-state index is 0.190. The van der Waals surface area contributed by atoms with Crippen molar-refractivity contribution >= 4 is 23.2 Å². The van der Waals surface area contributed by atoms with Gasteiger partial charge >= 0.3 is 199 Å². The van der Waals surface area contributed by atoms with Gasteiger partial charge in [-0.2, -0.15) is 0 Å². The van der Waals surface area contributed by atoms with Crippen LogP contribution in [0.5, 0.6) is 0 Å². The zero-order valence-electron chi connectivity index (χ0n) is 17.5. The van der Waals surface area contributed by atoms with Crippen LogP contribution in [0.3, 0.4) is 0 Å². The van der Waals surface area contributed by atoms with Gasteiger partial charge in [-0.1, -0.05) is 0 Å². The summed E-state index contributed by atoms with van der Waals surface area (Å²) in [6.07, 6.45) is 6.05. The molecule has 0 heterocycles. The van der Waals surface area contributed by atoms with Crippen molar-refractivity contribution in [2.24, 2.45) is 0 Å². The zero-order valence-corrected chi connectivity index (χ0v) is 21.0. The van der Waals surface area contributed by atoms with Gasteiger partial charge in [0, 0.05) is 0 Å². The van der Waals surface area contributed by atoms with Crippen molar-refractivity contribution in [2.45, 2.75) is 16.2 Å². The van der Waals surface area contributed by atoms with Gasteiger partial charge in [-0.3, -0.25) is 0 Å². The van der Waals surface area contributed by atoms with Crippen molar-refractivity contribution in [3.8, 4) is 11.1 Å². The molecule has 0 radical (unpaired) electrons. The van der Waals surface area contributed by atoms with Crippen molar-refractivity contribution in [3.05, 3.63) is 125 Å². The molecule has 0 spiro atoms. The molecule has 0 aromatic heterocycles. The first kappa shape index (κ1) is 19.6. The van der Waals surface area contributed by atoms with Gasteiger partial charge in [0.1, 0.15) is 0 Å². The topological polar surface area (TPSA) is 0 Å². The molecule has 0 saturated carbocycles. The molecule has 0 saturated heterocycles. The van der Waals surface area contributed by atoms with E-state index in [0.717, 1.165) is 15.0 Å². The fourth-order valence-electron chi connectivity index (χ4n) is 4.97. The van der Waals surface area contributed by atoms with Crippen LogP contribution in [0, 0.1) is 6.92 Å². The number of aryl methyl sites for hydroxylation is 1. The summed E-state index contributed by atoms with van der Waals surface area (Å²) in [5.41, 5.74) is 10.4. The second-order valence-corrected chi connectivity index (χ2v) is 15.1. The van der Waals surface area contributed by atoms with Crippen molar-refractivity contribution < 1.29 is 23.2 Å². The van der Waals surface area contributed by atoms with Crippen molar-refractivity contribution in [1.82, 2.24) is 0 Å². The molecule has 2 unspecified atom stereocenters. The Labute approximate surface area is 197 Å². The molecule has 4 aromatic rings. The molecule has 0 aliphatic heterocycles. The van der Waals surface area contributed by atoms with Crippen molar-refractivity contribution in [1.29, 1.82) is 0 Å². The maximum absolute atomic E-state index is 2.57. The second-order valence-electron chi connectivity index (χ2n) is 8.46. The van der Waals surface area contributed by atoms with Gasteiger partial charge in [-0.05, 0) is 0 Å². The molecule has 0 nitrogen and oxygen atoms in total. The monoisotopic (exact) mass is 492 g/mol. The van der Waals surface area contributed by atoms with Crippen LogP contribution in [-0.4, -0.2) is 0 Å². The number of fused-ring (bicyclic) bond motifs is 4. The Kier molecular flexibility index (Phi) is 4.94. The first-order chi connectivity index (χ1) is 15.2. The van der Waals surface area contributed by atoms with E-state index in [1.807, 2.05) is 0 Å². The molecule has 148 valence electrons. The minimum atomic E-state index is -0.995. The van der Waals surface area contributed by atoms with Gasteiger partial charge in [0.25, 0.3) is 0 Å². The van der Waals surface area contributed by atoms with E-state index in [1.165, 1.54) is 33.1 Å². The van der Waals surface area contributed by atoms with E-state index in [-0.39, 0.29) is 2.86 Å². The second kappa shape index (κ2) is 7.81. The average Bonchev–Trinajstić information content (AvgIpc) is 3.36. The molecule has 2 aliphatic carbocycles. The van der Waals surface area contributed by atoms with Crippen molar-refractivity contribution in [3.63, 3.8) is 0 Å². The van der Waals surface area contributed by atoms with E-state index >= 15 is 0 Å². The summed E-state index contributed by atoms with van der Waals surface area (Å²) < 4.78 is 1.86. The van der Waals surface area contributed by atoms with Gasteiger partial charge in [0.15, 0.2) is 0 Å². The third-order valence-electron chi connectivity index (χ3n) is 6.56. The molecule has 6 rings (SSSR count). The Morgan fingerprint density at radius 2 is 1.55 bits per heavy atom. The number of rotatable bonds is 4. The van der Waals surface area contributed by atoms with E-state index in [1.54, 1.807) is 14.4 Å². The summed E-state index contributed by atoms with van der Waals surface area (Å²) in [5.74, 6) is 0.